The van der Waals surface area contributed by atoms with Crippen LogP contribution in [-0.2, 0) is 13.1 Å². The SMILES string of the molecule is C.[Cl-].[NH3+]Cc1ccc(C[NH3+])cc1. The van der Waals surface area contributed by atoms with Crippen molar-refractivity contribution >= 4 is 0 Å². The largest absolute Gasteiger partial charge is 1.00 e. The topological polar surface area (TPSA) is 55.3 Å². The molecule has 0 saturated heterocycles. The summed E-state index contributed by atoms with van der Waals surface area (Å²) in [6.07, 6.45) is 0. The van der Waals surface area contributed by atoms with E-state index in [1.54, 1.807) is 0 Å². The zero-order valence-corrected chi connectivity index (χ0v) is 7.27. The molecule has 3 heteroatoms. The molecule has 0 aliphatic heterocycles. The van der Waals surface area contributed by atoms with Gasteiger partial charge in [0, 0.05) is 11.1 Å². The van der Waals surface area contributed by atoms with E-state index in [4.69, 9.17) is 0 Å². The molecule has 0 spiro atoms. The van der Waals surface area contributed by atoms with E-state index in [1.807, 2.05) is 0 Å². The molecular formula is C9H18ClN2+. The quantitative estimate of drug-likeness (QED) is 0.493. The van der Waals surface area contributed by atoms with Crippen LogP contribution in [0.15, 0.2) is 24.3 Å². The number of benzene rings is 1. The number of quaternary nitrogens is 2. The Morgan fingerprint density at radius 2 is 1.08 bits per heavy atom. The Balaban J connectivity index is 0. The van der Waals surface area contributed by atoms with Gasteiger partial charge < -0.3 is 23.9 Å². The van der Waals surface area contributed by atoms with Crippen LogP contribution >= 0.6 is 0 Å². The van der Waals surface area contributed by atoms with Gasteiger partial charge >= 0.3 is 0 Å². The molecule has 0 amide bonds. The maximum absolute atomic E-state index is 3.80. The molecule has 0 unspecified atom stereocenters. The second-order valence-corrected chi connectivity index (χ2v) is 2.32. The van der Waals surface area contributed by atoms with Crippen molar-refractivity contribution in [1.29, 1.82) is 0 Å². The molecule has 12 heavy (non-hydrogen) atoms. The summed E-state index contributed by atoms with van der Waals surface area (Å²) in [6, 6.07) is 8.42. The van der Waals surface area contributed by atoms with Crippen LogP contribution in [0.3, 0.4) is 0 Å². The van der Waals surface area contributed by atoms with Crippen LogP contribution in [0.25, 0.3) is 0 Å². The fraction of sp³-hybridized carbons (Fsp3) is 0.333. The lowest BCUT2D eigenvalue weighted by Gasteiger charge is -1.94. The van der Waals surface area contributed by atoms with Crippen LogP contribution in [0.1, 0.15) is 18.6 Å². The summed E-state index contributed by atoms with van der Waals surface area (Å²) in [4.78, 5) is 0. The lowest BCUT2D eigenvalue weighted by molar-refractivity contribution is -0.387. The normalized spacial score (nSPS) is 8.17. The molecule has 0 fully saturated rings. The Morgan fingerprint density at radius 3 is 1.25 bits per heavy atom. The molecule has 0 aliphatic carbocycles. The van der Waals surface area contributed by atoms with E-state index in [9.17, 15) is 0 Å². The highest BCUT2D eigenvalue weighted by Crippen LogP contribution is 2.00. The zero-order valence-electron chi connectivity index (χ0n) is 6.52. The first-order chi connectivity index (χ1) is 4.86. The van der Waals surface area contributed by atoms with Crippen molar-refractivity contribution < 1.29 is 23.9 Å². The summed E-state index contributed by atoms with van der Waals surface area (Å²) < 4.78 is 0. The highest BCUT2D eigenvalue weighted by atomic mass is 35.5. The molecule has 0 atom stereocenters. The molecule has 0 saturated carbocycles. The number of hydrogen-bond donors (Lipinski definition) is 2. The molecule has 0 aromatic heterocycles. The van der Waals surface area contributed by atoms with Gasteiger partial charge in [0.15, 0.2) is 0 Å². The highest BCUT2D eigenvalue weighted by molar-refractivity contribution is 5.20. The Hall–Kier alpha value is -0.570. The van der Waals surface area contributed by atoms with Crippen molar-refractivity contribution in [3.63, 3.8) is 0 Å². The van der Waals surface area contributed by atoms with Gasteiger partial charge in [0.1, 0.15) is 0 Å². The van der Waals surface area contributed by atoms with Crippen LogP contribution in [0.2, 0.25) is 0 Å². The van der Waals surface area contributed by atoms with E-state index in [0.29, 0.717) is 0 Å². The van der Waals surface area contributed by atoms with Gasteiger partial charge in [-0.05, 0) is 0 Å². The minimum absolute atomic E-state index is 0. The second kappa shape index (κ2) is 7.10. The van der Waals surface area contributed by atoms with E-state index >= 15 is 0 Å². The van der Waals surface area contributed by atoms with Gasteiger partial charge in [-0.2, -0.15) is 0 Å². The molecule has 0 aliphatic rings. The lowest BCUT2D eigenvalue weighted by Crippen LogP contribution is -3.00. The van der Waals surface area contributed by atoms with Crippen LogP contribution in [0.5, 0.6) is 0 Å². The summed E-state index contributed by atoms with van der Waals surface area (Å²) in [5.74, 6) is 0. The van der Waals surface area contributed by atoms with Gasteiger partial charge in [-0.1, -0.05) is 31.7 Å². The molecule has 1 aromatic rings. The van der Waals surface area contributed by atoms with Gasteiger partial charge in [0.25, 0.3) is 0 Å². The first-order valence-corrected chi connectivity index (χ1v) is 3.53. The molecule has 1 aromatic carbocycles. The average Bonchev–Trinajstić information content (AvgIpc) is 2.05. The Kier molecular flexibility index (Phi) is 8.27. The maximum Gasteiger partial charge on any atom is 0.0997 e. The summed E-state index contributed by atoms with van der Waals surface area (Å²) in [5.41, 5.74) is 10.2. The monoisotopic (exact) mass is 189 g/mol. The molecule has 0 heterocycles. The first kappa shape index (κ1) is 14.0. The van der Waals surface area contributed by atoms with E-state index in [0.717, 1.165) is 13.1 Å². The van der Waals surface area contributed by atoms with E-state index in [2.05, 4.69) is 35.7 Å². The van der Waals surface area contributed by atoms with Gasteiger partial charge in [0.2, 0.25) is 0 Å². The molecule has 70 valence electrons. The fourth-order valence-corrected chi connectivity index (χ4v) is 0.873. The highest BCUT2D eigenvalue weighted by Gasteiger charge is 1.91. The van der Waals surface area contributed by atoms with Crippen molar-refractivity contribution in [2.75, 3.05) is 0 Å². The van der Waals surface area contributed by atoms with Crippen molar-refractivity contribution in [3.05, 3.63) is 35.4 Å². The molecule has 6 N–H and O–H groups in total. The zero-order chi connectivity index (χ0) is 7.40. The minimum atomic E-state index is 0. The third kappa shape index (κ3) is 3.72. The van der Waals surface area contributed by atoms with Crippen molar-refractivity contribution in [2.45, 2.75) is 20.5 Å². The van der Waals surface area contributed by atoms with Crippen molar-refractivity contribution in [2.24, 2.45) is 0 Å². The van der Waals surface area contributed by atoms with Gasteiger partial charge in [-0.25, -0.2) is 0 Å². The molecule has 1 rings (SSSR count). The van der Waals surface area contributed by atoms with E-state index in [-0.39, 0.29) is 19.8 Å². The van der Waals surface area contributed by atoms with Crippen LogP contribution in [0.4, 0.5) is 0 Å². The summed E-state index contributed by atoms with van der Waals surface area (Å²) in [5, 5.41) is 0. The predicted octanol–water partition coefficient (Wildman–Crippen LogP) is -3.19. The number of halogens is 1. The van der Waals surface area contributed by atoms with Crippen LogP contribution in [-0.4, -0.2) is 0 Å². The average molecular weight is 190 g/mol. The van der Waals surface area contributed by atoms with Gasteiger partial charge in [-0.3, -0.25) is 0 Å². The number of hydrogen-bond acceptors (Lipinski definition) is 0. The lowest BCUT2D eigenvalue weighted by atomic mass is 10.1. The predicted molar refractivity (Wildman–Crippen MR) is 46.4 cm³/mol. The Labute approximate surface area is 80.4 Å². The summed E-state index contributed by atoms with van der Waals surface area (Å²) in [7, 11) is 0. The minimum Gasteiger partial charge on any atom is -1.00 e. The molecular weight excluding hydrogens is 172 g/mol. The van der Waals surface area contributed by atoms with E-state index in [1.165, 1.54) is 11.1 Å². The third-order valence-electron chi connectivity index (χ3n) is 1.60. The Bertz CT molecular complexity index is 173. The molecule has 0 bridgehead atoms. The molecule has 0 radical (unpaired) electrons. The van der Waals surface area contributed by atoms with Gasteiger partial charge in [-0.15, -0.1) is 0 Å². The fourth-order valence-electron chi connectivity index (χ4n) is 0.873. The maximum atomic E-state index is 3.80. The first-order valence-electron chi connectivity index (χ1n) is 3.53. The van der Waals surface area contributed by atoms with Crippen LogP contribution in [0, 0.1) is 0 Å². The van der Waals surface area contributed by atoms with E-state index < -0.39 is 0 Å². The standard InChI is InChI=1S/C8H12N2.CH4.ClH/c9-5-7-1-2-8(6-10)4-3-7;;/h1-4H,5-6,9-10H2;1H4;1H/p+1. The van der Waals surface area contributed by atoms with Crippen molar-refractivity contribution in [3.8, 4) is 0 Å². The summed E-state index contributed by atoms with van der Waals surface area (Å²) >= 11 is 0. The van der Waals surface area contributed by atoms with Gasteiger partial charge in [0.05, 0.1) is 13.1 Å². The third-order valence-corrected chi connectivity index (χ3v) is 1.60. The second-order valence-electron chi connectivity index (χ2n) is 2.32. The number of rotatable bonds is 2. The summed E-state index contributed by atoms with van der Waals surface area (Å²) in [6.45, 7) is 1.74. The van der Waals surface area contributed by atoms with Crippen molar-refractivity contribution in [1.82, 2.24) is 0 Å². The smallest absolute Gasteiger partial charge is 0.0997 e. The molecule has 2 nitrogen and oxygen atoms in total. The van der Waals surface area contributed by atoms with Crippen LogP contribution < -0.4 is 23.9 Å². The Morgan fingerprint density at radius 1 is 0.833 bits per heavy atom.